The molecule has 0 aliphatic rings. The molecule has 2 rings (SSSR count). The van der Waals surface area contributed by atoms with Gasteiger partial charge in [-0.15, -0.1) is 0 Å². The monoisotopic (exact) mass is 287 g/mol. The van der Waals surface area contributed by atoms with Crippen molar-refractivity contribution in [2.45, 2.75) is 32.7 Å². The minimum absolute atomic E-state index is 0.295. The van der Waals surface area contributed by atoms with E-state index in [2.05, 4.69) is 42.6 Å². The van der Waals surface area contributed by atoms with Gasteiger partial charge >= 0.3 is 0 Å². The zero-order valence-corrected chi connectivity index (χ0v) is 13.2. The molecule has 21 heavy (non-hydrogen) atoms. The van der Waals surface area contributed by atoms with Crippen LogP contribution in [-0.4, -0.2) is 22.9 Å². The Morgan fingerprint density at radius 1 is 1.38 bits per heavy atom. The first-order valence-corrected chi connectivity index (χ1v) is 7.60. The first-order valence-electron chi connectivity index (χ1n) is 7.60. The summed E-state index contributed by atoms with van der Waals surface area (Å²) in [4.78, 5) is 0. The molecule has 1 unspecified atom stereocenters. The Kier molecular flexibility index (Phi) is 5.81. The van der Waals surface area contributed by atoms with E-state index >= 15 is 0 Å². The minimum atomic E-state index is 0.295. The predicted molar refractivity (Wildman–Crippen MR) is 85.5 cm³/mol. The van der Waals surface area contributed by atoms with Crippen LogP contribution in [0.3, 0.4) is 0 Å². The number of aryl methyl sites for hydroxylation is 2. The molecule has 0 radical (unpaired) electrons. The third-order valence-electron chi connectivity index (χ3n) is 3.43. The zero-order chi connectivity index (χ0) is 15.1. The fourth-order valence-corrected chi connectivity index (χ4v) is 2.32. The molecule has 1 aromatic carbocycles. The molecule has 1 heterocycles. The van der Waals surface area contributed by atoms with Crippen LogP contribution in [0.15, 0.2) is 36.7 Å². The number of rotatable bonds is 8. The van der Waals surface area contributed by atoms with Crippen molar-refractivity contribution in [1.29, 1.82) is 0 Å². The van der Waals surface area contributed by atoms with Crippen LogP contribution in [0.25, 0.3) is 0 Å². The molecule has 0 bridgehead atoms. The highest BCUT2D eigenvalue weighted by atomic mass is 16.5. The summed E-state index contributed by atoms with van der Waals surface area (Å²) in [6.45, 7) is 5.95. The molecule has 0 saturated heterocycles. The first kappa shape index (κ1) is 15.6. The van der Waals surface area contributed by atoms with Crippen molar-refractivity contribution in [3.8, 4) is 5.75 Å². The van der Waals surface area contributed by atoms with E-state index in [9.17, 15) is 0 Å². The molecule has 1 atom stereocenters. The second-order valence-corrected chi connectivity index (χ2v) is 5.41. The fraction of sp³-hybridized carbons (Fsp3) is 0.471. The average molecular weight is 287 g/mol. The molecule has 114 valence electrons. The molecule has 0 saturated carbocycles. The Labute approximate surface area is 127 Å². The van der Waals surface area contributed by atoms with Gasteiger partial charge in [0, 0.05) is 31.3 Å². The summed E-state index contributed by atoms with van der Waals surface area (Å²) in [7, 11) is 1.95. The van der Waals surface area contributed by atoms with Gasteiger partial charge in [-0.3, -0.25) is 4.68 Å². The number of benzene rings is 1. The van der Waals surface area contributed by atoms with E-state index in [-0.39, 0.29) is 0 Å². The summed E-state index contributed by atoms with van der Waals surface area (Å²) >= 11 is 0. The summed E-state index contributed by atoms with van der Waals surface area (Å²) in [5, 5.41) is 7.82. The maximum atomic E-state index is 5.86. The normalized spacial score (nSPS) is 12.3. The van der Waals surface area contributed by atoms with Gasteiger partial charge in [0.2, 0.25) is 0 Å². The van der Waals surface area contributed by atoms with Crippen molar-refractivity contribution in [1.82, 2.24) is 15.1 Å². The minimum Gasteiger partial charge on any atom is -0.494 e. The molecule has 2 aromatic rings. The Balaban J connectivity index is 1.89. The summed E-state index contributed by atoms with van der Waals surface area (Å²) < 4.78 is 7.70. The van der Waals surface area contributed by atoms with E-state index in [0.717, 1.165) is 25.1 Å². The van der Waals surface area contributed by atoms with E-state index in [1.807, 2.05) is 30.1 Å². The van der Waals surface area contributed by atoms with Crippen molar-refractivity contribution in [2.24, 2.45) is 7.05 Å². The lowest BCUT2D eigenvalue weighted by Crippen LogP contribution is -2.23. The third kappa shape index (κ3) is 4.90. The van der Waals surface area contributed by atoms with Crippen molar-refractivity contribution in [3.63, 3.8) is 0 Å². The van der Waals surface area contributed by atoms with Gasteiger partial charge in [-0.25, -0.2) is 0 Å². The van der Waals surface area contributed by atoms with Crippen LogP contribution < -0.4 is 10.1 Å². The molecule has 1 aromatic heterocycles. The maximum Gasteiger partial charge on any atom is 0.119 e. The zero-order valence-electron chi connectivity index (χ0n) is 13.2. The lowest BCUT2D eigenvalue weighted by molar-refractivity contribution is 0.286. The highest BCUT2D eigenvalue weighted by Crippen LogP contribution is 2.18. The van der Waals surface area contributed by atoms with E-state index in [0.29, 0.717) is 12.6 Å². The molecule has 0 aliphatic heterocycles. The van der Waals surface area contributed by atoms with Crippen LogP contribution in [0.1, 0.15) is 36.9 Å². The second-order valence-electron chi connectivity index (χ2n) is 5.41. The molecule has 0 spiro atoms. The number of nitrogens with one attached hydrogen (secondary N) is 1. The van der Waals surface area contributed by atoms with Crippen LogP contribution in [-0.2, 0) is 7.05 Å². The van der Waals surface area contributed by atoms with E-state index in [4.69, 9.17) is 4.74 Å². The summed E-state index contributed by atoms with van der Waals surface area (Å²) in [6.07, 6.45) is 6.05. The lowest BCUT2D eigenvalue weighted by atomic mass is 10.1. The van der Waals surface area contributed by atoms with Crippen LogP contribution in [0.5, 0.6) is 5.75 Å². The van der Waals surface area contributed by atoms with Crippen molar-refractivity contribution >= 4 is 0 Å². The van der Waals surface area contributed by atoms with Gasteiger partial charge < -0.3 is 10.1 Å². The molecule has 4 nitrogen and oxygen atoms in total. The van der Waals surface area contributed by atoms with Crippen molar-refractivity contribution in [3.05, 3.63) is 47.8 Å². The fourth-order valence-electron chi connectivity index (χ4n) is 2.32. The second kappa shape index (κ2) is 7.84. The topological polar surface area (TPSA) is 39.1 Å². The van der Waals surface area contributed by atoms with E-state index in [1.165, 1.54) is 11.1 Å². The van der Waals surface area contributed by atoms with Crippen LogP contribution in [0.2, 0.25) is 0 Å². The Bertz CT molecular complexity index is 550. The summed E-state index contributed by atoms with van der Waals surface area (Å²) in [6, 6.07) is 8.47. The number of nitrogens with zero attached hydrogens (tertiary/aromatic N) is 2. The molecule has 0 aliphatic carbocycles. The Morgan fingerprint density at radius 3 is 2.90 bits per heavy atom. The average Bonchev–Trinajstić information content (AvgIpc) is 2.89. The Hall–Kier alpha value is -1.81. The summed E-state index contributed by atoms with van der Waals surface area (Å²) in [5.74, 6) is 0.940. The molecule has 0 amide bonds. The third-order valence-corrected chi connectivity index (χ3v) is 3.43. The molecule has 4 heteroatoms. The van der Waals surface area contributed by atoms with E-state index < -0.39 is 0 Å². The first-order chi connectivity index (χ1) is 10.2. The van der Waals surface area contributed by atoms with Gasteiger partial charge in [-0.05, 0) is 37.6 Å². The molecule has 1 N–H and O–H groups in total. The van der Waals surface area contributed by atoms with Crippen LogP contribution in [0.4, 0.5) is 0 Å². The quantitative estimate of drug-likeness (QED) is 0.810. The number of aromatic nitrogens is 2. The highest BCUT2D eigenvalue weighted by molar-refractivity contribution is 5.27. The van der Waals surface area contributed by atoms with Gasteiger partial charge in [-0.1, -0.05) is 19.1 Å². The van der Waals surface area contributed by atoms with Crippen LogP contribution in [0, 0.1) is 6.92 Å². The smallest absolute Gasteiger partial charge is 0.119 e. The number of hydrogen-bond acceptors (Lipinski definition) is 3. The predicted octanol–water partition coefficient (Wildman–Crippen LogP) is 3.24. The number of ether oxygens (including phenoxy) is 1. The van der Waals surface area contributed by atoms with Gasteiger partial charge in [0.15, 0.2) is 0 Å². The van der Waals surface area contributed by atoms with Gasteiger partial charge in [0.25, 0.3) is 0 Å². The summed E-state index contributed by atoms with van der Waals surface area (Å²) in [5.41, 5.74) is 2.44. The van der Waals surface area contributed by atoms with Crippen molar-refractivity contribution < 1.29 is 4.74 Å². The Morgan fingerprint density at radius 2 is 2.24 bits per heavy atom. The number of hydrogen-bond donors (Lipinski definition) is 1. The van der Waals surface area contributed by atoms with Gasteiger partial charge in [-0.2, -0.15) is 5.10 Å². The van der Waals surface area contributed by atoms with Gasteiger partial charge in [0.1, 0.15) is 5.75 Å². The molecular weight excluding hydrogens is 262 g/mol. The highest BCUT2D eigenvalue weighted by Gasteiger charge is 2.12. The maximum absolute atomic E-state index is 5.86. The van der Waals surface area contributed by atoms with Crippen LogP contribution >= 0.6 is 0 Å². The van der Waals surface area contributed by atoms with Gasteiger partial charge in [0.05, 0.1) is 12.8 Å². The van der Waals surface area contributed by atoms with E-state index in [1.54, 1.807) is 0 Å². The standard InChI is InChI=1S/C17H25N3O/c1-4-9-18-17(15-12-19-20(3)13-15)8-10-21-16-7-5-6-14(2)11-16/h5-7,11-13,17-18H,4,8-10H2,1-3H3. The largest absolute Gasteiger partial charge is 0.494 e. The molecular formula is C17H25N3O. The van der Waals surface area contributed by atoms with Crippen molar-refractivity contribution in [2.75, 3.05) is 13.2 Å². The lowest BCUT2D eigenvalue weighted by Gasteiger charge is -2.17. The molecule has 0 fully saturated rings. The SMILES string of the molecule is CCCNC(CCOc1cccc(C)c1)c1cnn(C)c1.